The molecule has 2 aromatic heterocycles. The molecule has 2 atom stereocenters. The maximum atomic E-state index is 9.97. The molecule has 1 fully saturated rings. The Hall–Kier alpha value is -3.06. The second-order valence-corrected chi connectivity index (χ2v) is 7.43. The van der Waals surface area contributed by atoms with Crippen LogP contribution in [0.15, 0.2) is 36.1 Å². The highest BCUT2D eigenvalue weighted by Crippen LogP contribution is 2.37. The van der Waals surface area contributed by atoms with Crippen LogP contribution in [0.5, 0.6) is 0 Å². The Morgan fingerprint density at radius 2 is 2.32 bits per heavy atom. The first kappa shape index (κ1) is 22.6. The van der Waals surface area contributed by atoms with Crippen molar-refractivity contribution in [1.29, 1.82) is 0 Å². The number of anilines is 1. The maximum Gasteiger partial charge on any atom is 0.506 e. The predicted octanol–water partition coefficient (Wildman–Crippen LogP) is 3.30. The van der Waals surface area contributed by atoms with Crippen molar-refractivity contribution in [2.75, 3.05) is 18.9 Å². The number of aromatic nitrogens is 3. The molecule has 2 aliphatic rings. The summed E-state index contributed by atoms with van der Waals surface area (Å²) in [6, 6.07) is 1.80. The van der Waals surface area contributed by atoms with Crippen LogP contribution in [0.1, 0.15) is 31.9 Å². The third kappa shape index (κ3) is 5.35. The molecule has 0 radical (unpaired) electrons. The SMILES string of the molecule is C#CC1(CO)CCC(n2ccc3c(N)nc(Cl)nc32)O1.O=C(O)OCC1=CC=CCC1. The summed E-state index contributed by atoms with van der Waals surface area (Å²) in [5.74, 6) is 2.84. The summed E-state index contributed by atoms with van der Waals surface area (Å²) in [5.41, 5.74) is 6.52. The van der Waals surface area contributed by atoms with Gasteiger partial charge in [-0.1, -0.05) is 24.1 Å². The number of allylic oxidation sites excluding steroid dienone is 3. The zero-order valence-electron chi connectivity index (χ0n) is 16.7. The third-order valence-electron chi connectivity index (χ3n) is 5.04. The second-order valence-electron chi connectivity index (χ2n) is 7.09. The third-order valence-corrected chi connectivity index (χ3v) is 5.21. The smallest absolute Gasteiger partial charge is 0.450 e. The van der Waals surface area contributed by atoms with Crippen molar-refractivity contribution < 1.29 is 24.5 Å². The summed E-state index contributed by atoms with van der Waals surface area (Å²) in [7, 11) is 0. The Morgan fingerprint density at radius 1 is 1.52 bits per heavy atom. The molecule has 1 aliphatic heterocycles. The number of fused-ring (bicyclic) bond motifs is 1. The number of hydrogen-bond donors (Lipinski definition) is 3. The fourth-order valence-corrected chi connectivity index (χ4v) is 3.56. The number of carbonyl (C=O) groups is 1. The fourth-order valence-electron chi connectivity index (χ4n) is 3.39. The molecule has 3 heterocycles. The molecule has 4 rings (SSSR count). The molecule has 0 aromatic carbocycles. The van der Waals surface area contributed by atoms with E-state index in [4.69, 9.17) is 33.6 Å². The van der Waals surface area contributed by atoms with Gasteiger partial charge in [-0.05, 0) is 48.9 Å². The molecular formula is C21H23ClN4O5. The van der Waals surface area contributed by atoms with Crippen LogP contribution in [-0.2, 0) is 9.47 Å². The topological polar surface area (TPSA) is 133 Å². The molecule has 4 N–H and O–H groups in total. The Kier molecular flexibility index (Phi) is 7.17. The first-order chi connectivity index (χ1) is 14.9. The van der Waals surface area contributed by atoms with Crippen LogP contribution in [0.3, 0.4) is 0 Å². The fraction of sp³-hybridized carbons (Fsp3) is 0.381. The number of nitrogen functional groups attached to an aromatic ring is 1. The average Bonchev–Trinajstić information content (AvgIpc) is 3.38. The van der Waals surface area contributed by atoms with Gasteiger partial charge in [0.05, 0.1) is 12.0 Å². The minimum absolute atomic E-state index is 0.0818. The molecule has 10 heteroatoms. The highest BCUT2D eigenvalue weighted by atomic mass is 35.5. The van der Waals surface area contributed by atoms with Crippen LogP contribution in [0.4, 0.5) is 10.6 Å². The van der Waals surface area contributed by atoms with E-state index in [1.807, 2.05) is 22.8 Å². The summed E-state index contributed by atoms with van der Waals surface area (Å²) in [6.07, 6.45) is 14.7. The lowest BCUT2D eigenvalue weighted by atomic mass is 10.0. The van der Waals surface area contributed by atoms with Crippen LogP contribution in [0.25, 0.3) is 11.0 Å². The van der Waals surface area contributed by atoms with Crippen molar-refractivity contribution in [2.45, 2.75) is 37.5 Å². The molecule has 0 saturated carbocycles. The lowest BCUT2D eigenvalue weighted by molar-refractivity contribution is -0.0615. The first-order valence-corrected chi connectivity index (χ1v) is 10.0. The molecule has 1 aliphatic carbocycles. The van der Waals surface area contributed by atoms with E-state index >= 15 is 0 Å². The van der Waals surface area contributed by atoms with Gasteiger partial charge in [0, 0.05) is 6.20 Å². The molecule has 0 amide bonds. The van der Waals surface area contributed by atoms with Crippen LogP contribution in [-0.4, -0.2) is 49.7 Å². The Bertz CT molecular complexity index is 1060. The number of rotatable bonds is 4. The largest absolute Gasteiger partial charge is 0.506 e. The molecule has 2 unspecified atom stereocenters. The monoisotopic (exact) mass is 446 g/mol. The minimum atomic E-state index is -1.21. The van der Waals surface area contributed by atoms with E-state index < -0.39 is 11.8 Å². The van der Waals surface area contributed by atoms with Crippen LogP contribution < -0.4 is 5.73 Å². The van der Waals surface area contributed by atoms with Gasteiger partial charge in [-0.3, -0.25) is 0 Å². The molecule has 0 bridgehead atoms. The zero-order valence-corrected chi connectivity index (χ0v) is 17.5. The molecule has 31 heavy (non-hydrogen) atoms. The summed E-state index contributed by atoms with van der Waals surface area (Å²) in [5, 5.41) is 18.4. The van der Waals surface area contributed by atoms with Crippen molar-refractivity contribution >= 4 is 34.6 Å². The Morgan fingerprint density at radius 3 is 2.94 bits per heavy atom. The van der Waals surface area contributed by atoms with E-state index in [2.05, 4.69) is 20.6 Å². The summed E-state index contributed by atoms with van der Waals surface area (Å²) < 4.78 is 12.0. The van der Waals surface area contributed by atoms with Crippen LogP contribution in [0, 0.1) is 12.3 Å². The van der Waals surface area contributed by atoms with Gasteiger partial charge in [0.1, 0.15) is 24.3 Å². The number of nitrogens with zero attached hydrogens (tertiary/aromatic N) is 3. The first-order valence-electron chi connectivity index (χ1n) is 9.64. The normalized spacial score (nSPS) is 22.4. The van der Waals surface area contributed by atoms with Gasteiger partial charge in [-0.25, -0.2) is 9.78 Å². The summed E-state index contributed by atoms with van der Waals surface area (Å²) in [4.78, 5) is 18.1. The van der Waals surface area contributed by atoms with E-state index in [0.29, 0.717) is 29.7 Å². The van der Waals surface area contributed by atoms with Crippen molar-refractivity contribution in [3.8, 4) is 12.3 Å². The number of carboxylic acid groups (broad SMARTS) is 1. The van der Waals surface area contributed by atoms with Gasteiger partial charge in [-0.2, -0.15) is 4.98 Å². The van der Waals surface area contributed by atoms with Crippen molar-refractivity contribution in [3.05, 3.63) is 41.3 Å². The maximum absolute atomic E-state index is 9.97. The number of nitrogens with two attached hydrogens (primary N) is 1. The van der Waals surface area contributed by atoms with E-state index in [-0.39, 0.29) is 24.7 Å². The number of hydrogen-bond acceptors (Lipinski definition) is 7. The lowest BCUT2D eigenvalue weighted by Gasteiger charge is -2.21. The Labute approximate surface area is 184 Å². The standard InChI is InChI=1S/C13H13ClN4O2.C8H10O3/c1-2-13(7-19)5-3-9(20-13)18-6-4-8-10(15)16-12(14)17-11(8)18;9-8(10)11-6-7-4-2-1-3-5-7/h1,4,6,9,19H,3,5,7H2,(H2,15,16,17);1-2,4H,3,5-6H2,(H,9,10). The van der Waals surface area contributed by atoms with Gasteiger partial charge >= 0.3 is 6.16 Å². The Balaban J connectivity index is 0.000000210. The van der Waals surface area contributed by atoms with Crippen LogP contribution in [0.2, 0.25) is 5.28 Å². The number of ether oxygens (including phenoxy) is 2. The van der Waals surface area contributed by atoms with Crippen molar-refractivity contribution in [2.24, 2.45) is 0 Å². The summed E-state index contributed by atoms with van der Waals surface area (Å²) >= 11 is 5.84. The summed E-state index contributed by atoms with van der Waals surface area (Å²) in [6.45, 7) is -0.00322. The molecule has 1 saturated heterocycles. The predicted molar refractivity (Wildman–Crippen MR) is 115 cm³/mol. The van der Waals surface area contributed by atoms with Crippen molar-refractivity contribution in [3.63, 3.8) is 0 Å². The van der Waals surface area contributed by atoms with E-state index in [9.17, 15) is 9.90 Å². The number of halogens is 1. The number of aliphatic hydroxyl groups is 1. The highest BCUT2D eigenvalue weighted by Gasteiger charge is 2.39. The van der Waals surface area contributed by atoms with Gasteiger partial charge < -0.3 is 30.0 Å². The van der Waals surface area contributed by atoms with Crippen LogP contribution >= 0.6 is 11.6 Å². The van der Waals surface area contributed by atoms with Crippen molar-refractivity contribution in [1.82, 2.24) is 14.5 Å². The lowest BCUT2D eigenvalue weighted by Crippen LogP contribution is -2.31. The minimum Gasteiger partial charge on any atom is -0.450 e. The molecular weight excluding hydrogens is 424 g/mol. The quantitative estimate of drug-likeness (QED) is 0.370. The number of terminal acetylenes is 1. The van der Waals surface area contributed by atoms with E-state index in [0.717, 1.165) is 18.4 Å². The van der Waals surface area contributed by atoms with E-state index in [1.54, 1.807) is 12.3 Å². The molecule has 0 spiro atoms. The molecule has 2 aromatic rings. The molecule has 164 valence electrons. The van der Waals surface area contributed by atoms with Gasteiger partial charge in [0.25, 0.3) is 0 Å². The highest BCUT2D eigenvalue weighted by molar-refractivity contribution is 6.28. The van der Waals surface area contributed by atoms with Gasteiger partial charge in [0.15, 0.2) is 5.60 Å². The molecule has 9 nitrogen and oxygen atoms in total. The average molecular weight is 447 g/mol. The number of aliphatic hydroxyl groups excluding tert-OH is 1. The van der Waals surface area contributed by atoms with E-state index in [1.165, 1.54) is 0 Å². The second kappa shape index (κ2) is 9.83. The zero-order chi connectivity index (χ0) is 22.4. The van der Waals surface area contributed by atoms with Gasteiger partial charge in [0.2, 0.25) is 5.28 Å². The van der Waals surface area contributed by atoms with Gasteiger partial charge in [-0.15, -0.1) is 6.42 Å².